The quantitative estimate of drug-likeness (QED) is 0.849. The molecule has 0 amide bonds. The summed E-state index contributed by atoms with van der Waals surface area (Å²) in [6.45, 7) is 8.23. The Balaban J connectivity index is 2.52. The van der Waals surface area contributed by atoms with E-state index in [4.69, 9.17) is 11.6 Å². The highest BCUT2D eigenvalue weighted by molar-refractivity contribution is 6.30. The molecule has 0 radical (unpaired) electrons. The number of hydrogen-bond acceptors (Lipinski definition) is 1. The molecule has 100 valence electrons. The van der Waals surface area contributed by atoms with Gasteiger partial charge in [0.05, 0.1) is 0 Å². The summed E-state index contributed by atoms with van der Waals surface area (Å²) < 4.78 is 0. The van der Waals surface area contributed by atoms with Crippen molar-refractivity contribution in [2.75, 3.05) is 6.54 Å². The average Bonchev–Trinajstić information content (AvgIpc) is 2.40. The Bertz CT molecular complexity index is 575. The number of benzene rings is 2. The molecule has 2 aromatic rings. The fraction of sp³-hybridized carbons (Fsp3) is 0.294. The van der Waals surface area contributed by atoms with Crippen molar-refractivity contribution in [2.45, 2.75) is 27.3 Å². The first kappa shape index (κ1) is 14.1. The molecule has 0 saturated carbocycles. The van der Waals surface area contributed by atoms with Crippen molar-refractivity contribution >= 4 is 11.6 Å². The number of aryl methyl sites for hydroxylation is 2. The third kappa shape index (κ3) is 3.37. The van der Waals surface area contributed by atoms with E-state index in [1.807, 2.05) is 6.07 Å². The fourth-order valence-corrected chi connectivity index (χ4v) is 2.41. The SMILES string of the molecule is CCNCc1ccc(Cl)cc1-c1cc(C)ccc1C. The number of rotatable bonds is 4. The lowest BCUT2D eigenvalue weighted by atomic mass is 9.94. The Morgan fingerprint density at radius 3 is 2.53 bits per heavy atom. The molecule has 1 N–H and O–H groups in total. The minimum absolute atomic E-state index is 0.788. The summed E-state index contributed by atoms with van der Waals surface area (Å²) in [5.74, 6) is 0. The van der Waals surface area contributed by atoms with Gasteiger partial charge in [0.1, 0.15) is 0 Å². The number of halogens is 1. The van der Waals surface area contributed by atoms with Crippen LogP contribution in [0.2, 0.25) is 5.02 Å². The zero-order valence-electron chi connectivity index (χ0n) is 11.8. The van der Waals surface area contributed by atoms with Crippen molar-refractivity contribution in [1.82, 2.24) is 5.32 Å². The van der Waals surface area contributed by atoms with Crippen LogP contribution in [-0.4, -0.2) is 6.54 Å². The first-order valence-corrected chi connectivity index (χ1v) is 7.06. The van der Waals surface area contributed by atoms with E-state index in [0.717, 1.165) is 18.1 Å². The second kappa shape index (κ2) is 6.23. The Labute approximate surface area is 120 Å². The lowest BCUT2D eigenvalue weighted by Gasteiger charge is -2.14. The summed E-state index contributed by atoms with van der Waals surface area (Å²) >= 11 is 6.17. The van der Waals surface area contributed by atoms with Gasteiger partial charge in [-0.05, 0) is 54.8 Å². The van der Waals surface area contributed by atoms with Crippen molar-refractivity contribution < 1.29 is 0 Å². The van der Waals surface area contributed by atoms with Crippen LogP contribution in [0, 0.1) is 13.8 Å². The van der Waals surface area contributed by atoms with Crippen molar-refractivity contribution in [2.24, 2.45) is 0 Å². The Kier molecular flexibility index (Phi) is 4.62. The zero-order valence-corrected chi connectivity index (χ0v) is 12.5. The summed E-state index contributed by atoms with van der Waals surface area (Å²) in [7, 11) is 0. The molecule has 0 bridgehead atoms. The van der Waals surface area contributed by atoms with Crippen LogP contribution in [0.3, 0.4) is 0 Å². The lowest BCUT2D eigenvalue weighted by molar-refractivity contribution is 0.728. The molecular formula is C17H20ClN. The second-order valence-corrected chi connectivity index (χ2v) is 5.34. The van der Waals surface area contributed by atoms with Gasteiger partial charge in [0, 0.05) is 11.6 Å². The average molecular weight is 274 g/mol. The van der Waals surface area contributed by atoms with Gasteiger partial charge in [0.25, 0.3) is 0 Å². The zero-order chi connectivity index (χ0) is 13.8. The van der Waals surface area contributed by atoms with E-state index >= 15 is 0 Å². The lowest BCUT2D eigenvalue weighted by Crippen LogP contribution is -2.12. The van der Waals surface area contributed by atoms with Gasteiger partial charge < -0.3 is 5.32 Å². The molecule has 0 spiro atoms. The van der Waals surface area contributed by atoms with Crippen LogP contribution < -0.4 is 5.32 Å². The topological polar surface area (TPSA) is 12.0 Å². The Hall–Kier alpha value is -1.31. The maximum absolute atomic E-state index is 6.17. The highest BCUT2D eigenvalue weighted by atomic mass is 35.5. The van der Waals surface area contributed by atoms with Crippen LogP contribution in [0.4, 0.5) is 0 Å². The monoisotopic (exact) mass is 273 g/mol. The molecule has 0 aliphatic carbocycles. The molecular weight excluding hydrogens is 254 g/mol. The first-order chi connectivity index (χ1) is 9.11. The first-order valence-electron chi connectivity index (χ1n) is 6.68. The maximum Gasteiger partial charge on any atom is 0.0412 e. The second-order valence-electron chi connectivity index (χ2n) is 4.90. The standard InChI is InChI=1S/C17H20ClN/c1-4-19-11-14-7-8-15(18)10-17(14)16-9-12(2)5-6-13(16)3/h5-10,19H,4,11H2,1-3H3. The molecule has 0 aromatic heterocycles. The Morgan fingerprint density at radius 2 is 1.79 bits per heavy atom. The highest BCUT2D eigenvalue weighted by Gasteiger charge is 2.08. The van der Waals surface area contributed by atoms with Crippen LogP contribution in [-0.2, 0) is 6.54 Å². The molecule has 2 heteroatoms. The molecule has 0 aliphatic rings. The van der Waals surface area contributed by atoms with E-state index in [0.29, 0.717) is 0 Å². The fourth-order valence-electron chi connectivity index (χ4n) is 2.24. The molecule has 2 aromatic carbocycles. The minimum atomic E-state index is 0.788. The summed E-state index contributed by atoms with van der Waals surface area (Å²) in [5.41, 5.74) is 6.35. The minimum Gasteiger partial charge on any atom is -0.313 e. The third-order valence-corrected chi connectivity index (χ3v) is 3.56. The molecule has 0 unspecified atom stereocenters. The molecule has 19 heavy (non-hydrogen) atoms. The Morgan fingerprint density at radius 1 is 1.00 bits per heavy atom. The third-order valence-electron chi connectivity index (χ3n) is 3.32. The van der Waals surface area contributed by atoms with Crippen LogP contribution in [0.15, 0.2) is 36.4 Å². The van der Waals surface area contributed by atoms with E-state index < -0.39 is 0 Å². The van der Waals surface area contributed by atoms with Gasteiger partial charge in [0.15, 0.2) is 0 Å². The number of nitrogens with one attached hydrogen (secondary N) is 1. The van der Waals surface area contributed by atoms with E-state index in [-0.39, 0.29) is 0 Å². The molecule has 0 fully saturated rings. The largest absolute Gasteiger partial charge is 0.313 e. The summed E-state index contributed by atoms with van der Waals surface area (Å²) in [6.07, 6.45) is 0. The van der Waals surface area contributed by atoms with Crippen molar-refractivity contribution in [3.8, 4) is 11.1 Å². The predicted molar refractivity (Wildman–Crippen MR) is 83.7 cm³/mol. The van der Waals surface area contributed by atoms with Crippen molar-refractivity contribution in [1.29, 1.82) is 0 Å². The normalized spacial score (nSPS) is 10.7. The van der Waals surface area contributed by atoms with Crippen LogP contribution in [0.25, 0.3) is 11.1 Å². The van der Waals surface area contributed by atoms with Crippen molar-refractivity contribution in [3.05, 3.63) is 58.1 Å². The molecule has 2 rings (SSSR count). The molecule has 0 aliphatic heterocycles. The van der Waals surface area contributed by atoms with E-state index in [1.54, 1.807) is 0 Å². The van der Waals surface area contributed by atoms with Gasteiger partial charge in [-0.2, -0.15) is 0 Å². The smallest absolute Gasteiger partial charge is 0.0412 e. The van der Waals surface area contributed by atoms with Gasteiger partial charge in [-0.3, -0.25) is 0 Å². The summed E-state index contributed by atoms with van der Waals surface area (Å²) in [5, 5.41) is 4.17. The van der Waals surface area contributed by atoms with Crippen LogP contribution in [0.1, 0.15) is 23.6 Å². The van der Waals surface area contributed by atoms with Gasteiger partial charge in [-0.15, -0.1) is 0 Å². The molecule has 0 heterocycles. The predicted octanol–water partition coefficient (Wildman–Crippen LogP) is 4.73. The molecule has 1 nitrogen and oxygen atoms in total. The van der Waals surface area contributed by atoms with E-state index in [9.17, 15) is 0 Å². The van der Waals surface area contributed by atoms with Crippen molar-refractivity contribution in [3.63, 3.8) is 0 Å². The van der Waals surface area contributed by atoms with Gasteiger partial charge in [-0.25, -0.2) is 0 Å². The van der Waals surface area contributed by atoms with Gasteiger partial charge in [-0.1, -0.05) is 48.4 Å². The van der Waals surface area contributed by atoms with Gasteiger partial charge >= 0.3 is 0 Å². The summed E-state index contributed by atoms with van der Waals surface area (Å²) in [6, 6.07) is 12.7. The van der Waals surface area contributed by atoms with E-state index in [1.165, 1.54) is 27.8 Å². The van der Waals surface area contributed by atoms with Crippen LogP contribution >= 0.6 is 11.6 Å². The highest BCUT2D eigenvalue weighted by Crippen LogP contribution is 2.30. The maximum atomic E-state index is 6.17. The number of hydrogen-bond donors (Lipinski definition) is 1. The molecule has 0 atom stereocenters. The summed E-state index contributed by atoms with van der Waals surface area (Å²) in [4.78, 5) is 0. The molecule has 0 saturated heterocycles. The van der Waals surface area contributed by atoms with Gasteiger partial charge in [0.2, 0.25) is 0 Å². The van der Waals surface area contributed by atoms with E-state index in [2.05, 4.69) is 56.4 Å². The van der Waals surface area contributed by atoms with Crippen LogP contribution in [0.5, 0.6) is 0 Å².